The highest BCUT2D eigenvalue weighted by atomic mass is 16.2. The summed E-state index contributed by atoms with van der Waals surface area (Å²) >= 11 is 0. The lowest BCUT2D eigenvalue weighted by atomic mass is 10.2. The minimum atomic E-state index is -0.203. The number of rotatable bonds is 5. The molecule has 1 saturated heterocycles. The van der Waals surface area contributed by atoms with E-state index in [2.05, 4.69) is 27.3 Å². The van der Waals surface area contributed by atoms with Gasteiger partial charge in [-0.15, -0.1) is 5.10 Å². The fourth-order valence-corrected chi connectivity index (χ4v) is 3.53. The number of hydrogen-bond acceptors (Lipinski definition) is 5. The lowest BCUT2D eigenvalue weighted by Crippen LogP contribution is -2.48. The maximum atomic E-state index is 12.6. The Kier molecular flexibility index (Phi) is 5.43. The molecule has 0 aliphatic carbocycles. The molecule has 144 valence electrons. The summed E-state index contributed by atoms with van der Waals surface area (Å²) in [6.45, 7) is 4.30. The highest BCUT2D eigenvalue weighted by Crippen LogP contribution is 2.10. The van der Waals surface area contributed by atoms with Gasteiger partial charge in [0.2, 0.25) is 5.91 Å². The number of piperazine rings is 1. The number of aryl methyl sites for hydroxylation is 1. The van der Waals surface area contributed by atoms with E-state index in [1.54, 1.807) is 18.2 Å². The molecule has 0 bridgehead atoms. The van der Waals surface area contributed by atoms with Gasteiger partial charge in [-0.2, -0.15) is 0 Å². The van der Waals surface area contributed by atoms with Gasteiger partial charge in [0, 0.05) is 39.1 Å². The van der Waals surface area contributed by atoms with Crippen LogP contribution in [0.3, 0.4) is 0 Å². The predicted octanol–water partition coefficient (Wildman–Crippen LogP) is 1.53. The van der Waals surface area contributed by atoms with Crippen LogP contribution in [-0.4, -0.2) is 56.9 Å². The molecule has 0 spiro atoms. The van der Waals surface area contributed by atoms with Crippen molar-refractivity contribution in [2.45, 2.75) is 19.5 Å². The van der Waals surface area contributed by atoms with Crippen LogP contribution in [0.1, 0.15) is 12.0 Å². The number of fused-ring (bicyclic) bond motifs is 1. The van der Waals surface area contributed by atoms with E-state index in [0.717, 1.165) is 19.6 Å². The van der Waals surface area contributed by atoms with Gasteiger partial charge in [-0.05, 0) is 17.7 Å². The first kappa shape index (κ1) is 18.3. The number of amides is 1. The van der Waals surface area contributed by atoms with E-state index in [9.17, 15) is 9.59 Å². The minimum absolute atomic E-state index is 0.0567. The van der Waals surface area contributed by atoms with Gasteiger partial charge in [0.05, 0.1) is 11.9 Å². The van der Waals surface area contributed by atoms with Gasteiger partial charge in [0.25, 0.3) is 5.56 Å². The van der Waals surface area contributed by atoms with E-state index < -0.39 is 0 Å². The summed E-state index contributed by atoms with van der Waals surface area (Å²) in [5.74, 6) is 0.0567. The number of carbonyl (C=O) groups excluding carboxylic acids is 1. The van der Waals surface area contributed by atoms with Crippen LogP contribution in [0.15, 0.2) is 59.4 Å². The molecule has 28 heavy (non-hydrogen) atoms. The molecule has 4 rings (SSSR count). The zero-order valence-electron chi connectivity index (χ0n) is 15.7. The molecular formula is C21H23N5O2. The van der Waals surface area contributed by atoms with Crippen molar-refractivity contribution in [1.82, 2.24) is 24.8 Å². The van der Waals surface area contributed by atoms with Crippen molar-refractivity contribution in [3.05, 3.63) is 70.5 Å². The Hall–Kier alpha value is -3.06. The van der Waals surface area contributed by atoms with E-state index in [4.69, 9.17) is 0 Å². The van der Waals surface area contributed by atoms with Crippen molar-refractivity contribution in [2.75, 3.05) is 26.2 Å². The molecule has 2 aromatic carbocycles. The summed E-state index contributed by atoms with van der Waals surface area (Å²) in [6.07, 6.45) is 0.256. The number of aromatic nitrogens is 3. The fourth-order valence-electron chi connectivity index (χ4n) is 3.53. The predicted molar refractivity (Wildman–Crippen MR) is 107 cm³/mol. The van der Waals surface area contributed by atoms with Gasteiger partial charge < -0.3 is 4.90 Å². The lowest BCUT2D eigenvalue weighted by molar-refractivity contribution is -0.133. The van der Waals surface area contributed by atoms with Crippen molar-refractivity contribution < 1.29 is 4.79 Å². The average Bonchev–Trinajstić information content (AvgIpc) is 2.74. The highest BCUT2D eigenvalue weighted by molar-refractivity contribution is 5.77. The second-order valence-corrected chi connectivity index (χ2v) is 7.03. The summed E-state index contributed by atoms with van der Waals surface area (Å²) in [6, 6.07) is 17.5. The van der Waals surface area contributed by atoms with Crippen molar-refractivity contribution in [2.24, 2.45) is 0 Å². The number of carbonyl (C=O) groups is 1. The van der Waals surface area contributed by atoms with Crippen molar-refractivity contribution in [3.63, 3.8) is 0 Å². The molecule has 1 aliphatic rings. The second kappa shape index (κ2) is 8.31. The standard InChI is InChI=1S/C21H23N5O2/c27-20(10-11-26-21(28)18-8-4-5-9-19(18)22-23-26)25-14-12-24(13-15-25)16-17-6-2-1-3-7-17/h1-9H,10-16H2. The van der Waals surface area contributed by atoms with Crippen LogP contribution in [0.4, 0.5) is 0 Å². The van der Waals surface area contributed by atoms with Crippen LogP contribution in [0.2, 0.25) is 0 Å². The van der Waals surface area contributed by atoms with Crippen LogP contribution in [0, 0.1) is 0 Å². The van der Waals surface area contributed by atoms with Crippen molar-refractivity contribution in [1.29, 1.82) is 0 Å². The first-order valence-electron chi connectivity index (χ1n) is 9.57. The van der Waals surface area contributed by atoms with E-state index in [1.165, 1.54) is 10.2 Å². The third-order valence-corrected chi connectivity index (χ3v) is 5.14. The monoisotopic (exact) mass is 377 g/mol. The van der Waals surface area contributed by atoms with E-state index >= 15 is 0 Å². The van der Waals surface area contributed by atoms with E-state index in [1.807, 2.05) is 29.2 Å². The van der Waals surface area contributed by atoms with Gasteiger partial charge in [0.15, 0.2) is 0 Å². The van der Waals surface area contributed by atoms with E-state index in [-0.39, 0.29) is 24.4 Å². The summed E-state index contributed by atoms with van der Waals surface area (Å²) < 4.78 is 1.28. The molecule has 1 amide bonds. The molecule has 1 aromatic heterocycles. The quantitative estimate of drug-likeness (QED) is 0.674. The first-order chi connectivity index (χ1) is 13.7. The Bertz CT molecular complexity index is 1010. The molecule has 0 saturated carbocycles. The molecule has 1 fully saturated rings. The SMILES string of the molecule is O=C(CCn1nnc2ccccc2c1=O)N1CCN(Cc2ccccc2)CC1. The van der Waals surface area contributed by atoms with Gasteiger partial charge >= 0.3 is 0 Å². The van der Waals surface area contributed by atoms with Crippen molar-refractivity contribution >= 4 is 16.8 Å². The first-order valence-corrected chi connectivity index (χ1v) is 9.57. The summed E-state index contributed by atoms with van der Waals surface area (Å²) in [5.41, 5.74) is 1.66. The molecule has 0 N–H and O–H groups in total. The molecule has 7 heteroatoms. The van der Waals surface area contributed by atoms with Crippen LogP contribution in [0.25, 0.3) is 10.9 Å². The third-order valence-electron chi connectivity index (χ3n) is 5.14. The topological polar surface area (TPSA) is 71.3 Å². The maximum absolute atomic E-state index is 12.6. The minimum Gasteiger partial charge on any atom is -0.340 e. The maximum Gasteiger partial charge on any atom is 0.277 e. The zero-order valence-corrected chi connectivity index (χ0v) is 15.7. The Morgan fingerprint density at radius 1 is 0.929 bits per heavy atom. The molecule has 3 aromatic rings. The fraction of sp³-hybridized carbons (Fsp3) is 0.333. The van der Waals surface area contributed by atoms with Gasteiger partial charge in [-0.25, -0.2) is 4.68 Å². The third kappa shape index (κ3) is 4.09. The molecule has 7 nitrogen and oxygen atoms in total. The number of nitrogens with zero attached hydrogens (tertiary/aromatic N) is 5. The summed E-state index contributed by atoms with van der Waals surface area (Å²) in [7, 11) is 0. The zero-order chi connectivity index (χ0) is 19.3. The average molecular weight is 377 g/mol. The summed E-state index contributed by atoms with van der Waals surface area (Å²) in [5, 5.41) is 8.55. The normalized spacial score (nSPS) is 15.1. The number of benzene rings is 2. The van der Waals surface area contributed by atoms with Crippen LogP contribution in [0.5, 0.6) is 0 Å². The van der Waals surface area contributed by atoms with Gasteiger partial charge in [-0.3, -0.25) is 14.5 Å². The largest absolute Gasteiger partial charge is 0.340 e. The van der Waals surface area contributed by atoms with Crippen molar-refractivity contribution in [3.8, 4) is 0 Å². The molecule has 2 heterocycles. The van der Waals surface area contributed by atoms with E-state index in [0.29, 0.717) is 24.0 Å². The Morgan fingerprint density at radius 2 is 1.64 bits per heavy atom. The van der Waals surface area contributed by atoms with Gasteiger partial charge in [-0.1, -0.05) is 47.7 Å². The molecular weight excluding hydrogens is 354 g/mol. The van der Waals surface area contributed by atoms with Crippen LogP contribution >= 0.6 is 0 Å². The number of hydrogen-bond donors (Lipinski definition) is 0. The molecule has 0 atom stereocenters. The second-order valence-electron chi connectivity index (χ2n) is 7.03. The Labute approximate surface area is 163 Å². The van der Waals surface area contributed by atoms with Gasteiger partial charge in [0.1, 0.15) is 5.52 Å². The smallest absolute Gasteiger partial charge is 0.277 e. The molecule has 0 unspecified atom stereocenters. The highest BCUT2D eigenvalue weighted by Gasteiger charge is 2.21. The lowest BCUT2D eigenvalue weighted by Gasteiger charge is -2.34. The summed E-state index contributed by atoms with van der Waals surface area (Å²) in [4.78, 5) is 29.3. The molecule has 0 radical (unpaired) electrons. The Morgan fingerprint density at radius 3 is 2.43 bits per heavy atom. The van der Waals surface area contributed by atoms with Crippen LogP contribution < -0.4 is 5.56 Å². The van der Waals surface area contributed by atoms with Crippen LogP contribution in [-0.2, 0) is 17.9 Å². The Balaban J connectivity index is 1.30. The molecule has 1 aliphatic heterocycles.